The molecule has 3 aromatic carbocycles. The van der Waals surface area contributed by atoms with Gasteiger partial charge >= 0.3 is 5.97 Å². The van der Waals surface area contributed by atoms with E-state index < -0.39 is 5.97 Å². The van der Waals surface area contributed by atoms with Gasteiger partial charge in [0.15, 0.2) is 6.61 Å². The van der Waals surface area contributed by atoms with Gasteiger partial charge in [-0.3, -0.25) is 4.79 Å². The molecule has 2 N–H and O–H groups in total. The largest absolute Gasteiger partial charge is 0.482 e. The van der Waals surface area contributed by atoms with Crippen LogP contribution in [-0.2, 0) is 17.9 Å². The second kappa shape index (κ2) is 13.0. The molecular weight excluding hydrogens is 476 g/mol. The van der Waals surface area contributed by atoms with Crippen LogP contribution in [0.1, 0.15) is 71.9 Å². The van der Waals surface area contributed by atoms with Crippen LogP contribution in [0.2, 0.25) is 0 Å². The molecule has 0 fully saturated rings. The predicted octanol–water partition coefficient (Wildman–Crippen LogP) is 6.85. The van der Waals surface area contributed by atoms with E-state index >= 15 is 0 Å². The van der Waals surface area contributed by atoms with Crippen molar-refractivity contribution >= 4 is 22.8 Å². The van der Waals surface area contributed by atoms with Gasteiger partial charge in [0.1, 0.15) is 5.75 Å². The van der Waals surface area contributed by atoms with Crippen molar-refractivity contribution in [2.45, 2.75) is 60.5 Å². The van der Waals surface area contributed by atoms with Crippen LogP contribution in [0.5, 0.6) is 5.75 Å². The zero-order chi connectivity index (χ0) is 27.8. The fourth-order valence-corrected chi connectivity index (χ4v) is 4.36. The Balaban J connectivity index is 0.00000195. The maximum absolute atomic E-state index is 12.9. The van der Waals surface area contributed by atoms with E-state index in [1.165, 1.54) is 5.56 Å². The van der Waals surface area contributed by atoms with E-state index in [1.54, 1.807) is 12.1 Å². The first-order chi connectivity index (χ1) is 18.2. The highest BCUT2D eigenvalue weighted by Gasteiger charge is 2.15. The molecule has 4 rings (SSSR count). The lowest BCUT2D eigenvalue weighted by Gasteiger charge is -2.11. The van der Waals surface area contributed by atoms with Crippen LogP contribution in [0.3, 0.4) is 0 Å². The van der Waals surface area contributed by atoms with Crippen molar-refractivity contribution in [2.75, 3.05) is 6.61 Å². The minimum Gasteiger partial charge on any atom is -0.482 e. The molecule has 1 amide bonds. The summed E-state index contributed by atoms with van der Waals surface area (Å²) < 4.78 is 7.46. The first-order valence-electron chi connectivity index (χ1n) is 13.1. The average molecular weight is 515 g/mol. The van der Waals surface area contributed by atoms with Gasteiger partial charge in [-0.1, -0.05) is 64.1 Å². The number of aryl methyl sites for hydroxylation is 1. The summed E-state index contributed by atoms with van der Waals surface area (Å²) in [7, 11) is 0. The Kier molecular flexibility index (Phi) is 9.72. The summed E-state index contributed by atoms with van der Waals surface area (Å²) >= 11 is 0. The van der Waals surface area contributed by atoms with Crippen LogP contribution in [0.15, 0.2) is 66.7 Å². The molecule has 1 heterocycles. The van der Waals surface area contributed by atoms with Crippen LogP contribution >= 0.6 is 0 Å². The molecule has 0 spiro atoms. The number of aliphatic carboxylic acids is 1. The van der Waals surface area contributed by atoms with Gasteiger partial charge in [0.2, 0.25) is 0 Å². The molecule has 0 unspecified atom stereocenters. The maximum atomic E-state index is 12.9. The normalized spacial score (nSPS) is 10.7. The van der Waals surface area contributed by atoms with Gasteiger partial charge in [0.05, 0.1) is 0 Å². The fraction of sp³-hybridized carbons (Fsp3) is 0.312. The third-order valence-electron chi connectivity index (χ3n) is 6.60. The van der Waals surface area contributed by atoms with E-state index in [9.17, 15) is 9.59 Å². The van der Waals surface area contributed by atoms with Gasteiger partial charge in [0, 0.05) is 35.2 Å². The number of hydrogen-bond acceptors (Lipinski definition) is 3. The van der Waals surface area contributed by atoms with Gasteiger partial charge in [-0.15, -0.1) is 0 Å². The number of hydrogen-bond donors (Lipinski definition) is 2. The summed E-state index contributed by atoms with van der Waals surface area (Å²) in [6.07, 6.45) is 0. The van der Waals surface area contributed by atoms with Gasteiger partial charge in [-0.05, 0) is 72.4 Å². The first-order valence-corrected chi connectivity index (χ1v) is 13.1. The molecule has 0 saturated carbocycles. The summed E-state index contributed by atoms with van der Waals surface area (Å²) in [5.41, 5.74) is 7.42. The number of carbonyl (C=O) groups excluding carboxylic acids is 1. The molecule has 0 atom stereocenters. The Morgan fingerprint density at radius 3 is 2.32 bits per heavy atom. The minimum atomic E-state index is -1.00. The maximum Gasteiger partial charge on any atom is 0.341 e. The molecule has 0 aliphatic carbocycles. The van der Waals surface area contributed by atoms with Crippen molar-refractivity contribution in [2.24, 2.45) is 0 Å². The number of carboxylic acids is 1. The molecule has 0 saturated heterocycles. The lowest BCUT2D eigenvalue weighted by atomic mass is 10.0. The Bertz CT molecular complexity index is 1400. The van der Waals surface area contributed by atoms with Crippen molar-refractivity contribution in [3.05, 3.63) is 100 Å². The second-order valence-electron chi connectivity index (χ2n) is 9.44. The molecule has 1 aromatic heterocycles. The van der Waals surface area contributed by atoms with Crippen LogP contribution in [0.4, 0.5) is 0 Å². The Morgan fingerprint density at radius 2 is 1.66 bits per heavy atom. The molecule has 4 aromatic rings. The van der Waals surface area contributed by atoms with Crippen LogP contribution in [0.25, 0.3) is 10.9 Å². The van der Waals surface area contributed by atoms with E-state index in [2.05, 4.69) is 49.7 Å². The summed E-state index contributed by atoms with van der Waals surface area (Å²) in [6.45, 7) is 13.3. The number of aromatic nitrogens is 1. The van der Waals surface area contributed by atoms with Crippen molar-refractivity contribution < 1.29 is 19.4 Å². The highest BCUT2D eigenvalue weighted by atomic mass is 16.5. The quantitative estimate of drug-likeness (QED) is 0.256. The number of rotatable bonds is 9. The minimum absolute atomic E-state index is 0.0893. The Morgan fingerprint density at radius 1 is 0.947 bits per heavy atom. The molecule has 200 valence electrons. The van der Waals surface area contributed by atoms with Gasteiger partial charge in [-0.25, -0.2) is 4.79 Å². The molecule has 6 nitrogen and oxygen atoms in total. The number of ether oxygens (including phenoxy) is 1. The van der Waals surface area contributed by atoms with Gasteiger partial charge in [-0.2, -0.15) is 0 Å². The monoisotopic (exact) mass is 514 g/mol. The highest BCUT2D eigenvalue weighted by Crippen LogP contribution is 2.28. The average Bonchev–Trinajstić information content (AvgIpc) is 3.16. The standard InChI is InChI=1S/C30H32N2O4.C2H6/c1-19(2)24-7-5-6-23(14-24)16-31-30(35)25-10-13-28-27(15-25)20(3)21(4)32(28)17-22-8-11-26(12-9-22)36-18-29(33)34;1-2/h5-15,19H,16-18H2,1-4H3,(H,31,35)(H,33,34);1-2H3. The zero-order valence-corrected chi connectivity index (χ0v) is 23.2. The second-order valence-corrected chi connectivity index (χ2v) is 9.44. The number of nitrogens with one attached hydrogen (secondary N) is 1. The molecule has 0 radical (unpaired) electrons. The number of fused-ring (bicyclic) bond motifs is 1. The topological polar surface area (TPSA) is 80.6 Å². The van der Waals surface area contributed by atoms with Crippen molar-refractivity contribution in [3.8, 4) is 5.75 Å². The lowest BCUT2D eigenvalue weighted by Crippen LogP contribution is -2.22. The molecule has 0 aliphatic rings. The number of amides is 1. The van der Waals surface area contributed by atoms with E-state index in [0.717, 1.165) is 33.3 Å². The summed E-state index contributed by atoms with van der Waals surface area (Å²) in [6, 6.07) is 21.6. The van der Waals surface area contributed by atoms with Crippen molar-refractivity contribution in [1.82, 2.24) is 9.88 Å². The number of nitrogens with zero attached hydrogens (tertiary/aromatic N) is 1. The van der Waals surface area contributed by atoms with Crippen LogP contribution < -0.4 is 10.1 Å². The van der Waals surface area contributed by atoms with Crippen molar-refractivity contribution in [1.29, 1.82) is 0 Å². The smallest absolute Gasteiger partial charge is 0.341 e. The molecule has 6 heteroatoms. The third-order valence-corrected chi connectivity index (χ3v) is 6.60. The number of carbonyl (C=O) groups is 2. The summed E-state index contributed by atoms with van der Waals surface area (Å²) in [5, 5.41) is 12.9. The Labute approximate surface area is 225 Å². The van der Waals surface area contributed by atoms with Crippen LogP contribution in [0, 0.1) is 13.8 Å². The van der Waals surface area contributed by atoms with Crippen LogP contribution in [-0.4, -0.2) is 28.2 Å². The van der Waals surface area contributed by atoms with E-state index in [1.807, 2.05) is 56.3 Å². The molecular formula is C32H38N2O4. The molecule has 38 heavy (non-hydrogen) atoms. The van der Waals surface area contributed by atoms with Crippen molar-refractivity contribution in [3.63, 3.8) is 0 Å². The number of benzene rings is 3. The molecule has 0 aliphatic heterocycles. The highest BCUT2D eigenvalue weighted by molar-refractivity contribution is 5.99. The SMILES string of the molecule is CC.Cc1c(C)n(Cc2ccc(OCC(=O)O)cc2)c2ccc(C(=O)NCc3cccc(C(C)C)c3)cc12. The predicted molar refractivity (Wildman–Crippen MR) is 153 cm³/mol. The molecule has 0 bridgehead atoms. The fourth-order valence-electron chi connectivity index (χ4n) is 4.36. The van der Waals surface area contributed by atoms with E-state index in [0.29, 0.717) is 30.3 Å². The van der Waals surface area contributed by atoms with Gasteiger partial charge in [0.25, 0.3) is 5.91 Å². The summed E-state index contributed by atoms with van der Waals surface area (Å²) in [4.78, 5) is 23.6. The Hall–Kier alpha value is -4.06. The number of carboxylic acid groups (broad SMARTS) is 1. The summed E-state index contributed by atoms with van der Waals surface area (Å²) in [5.74, 6) is -0.120. The zero-order valence-electron chi connectivity index (χ0n) is 23.2. The van der Waals surface area contributed by atoms with Gasteiger partial charge < -0.3 is 19.7 Å². The van der Waals surface area contributed by atoms with E-state index in [4.69, 9.17) is 9.84 Å². The van der Waals surface area contributed by atoms with E-state index in [-0.39, 0.29) is 12.5 Å². The lowest BCUT2D eigenvalue weighted by molar-refractivity contribution is -0.139. The third kappa shape index (κ3) is 6.82. The first kappa shape index (κ1) is 28.5.